The van der Waals surface area contributed by atoms with E-state index in [1.54, 1.807) is 0 Å². The first-order valence-corrected chi connectivity index (χ1v) is 7.79. The normalized spacial score (nSPS) is 19.3. The highest BCUT2D eigenvalue weighted by molar-refractivity contribution is 9.10. The second-order valence-electron chi connectivity index (χ2n) is 5.38. The summed E-state index contributed by atoms with van der Waals surface area (Å²) >= 11 is 3.48. The average molecular weight is 345 g/mol. The van der Waals surface area contributed by atoms with Crippen LogP contribution in [0.1, 0.15) is 24.1 Å². The monoisotopic (exact) mass is 344 g/mol. The van der Waals surface area contributed by atoms with Crippen LogP contribution in [0.15, 0.2) is 53.0 Å². The van der Waals surface area contributed by atoms with Crippen molar-refractivity contribution in [2.75, 3.05) is 4.90 Å². The van der Waals surface area contributed by atoms with Gasteiger partial charge in [0.1, 0.15) is 0 Å². The molecule has 2 N–H and O–H groups in total. The number of anilines is 1. The summed E-state index contributed by atoms with van der Waals surface area (Å²) in [6, 6.07) is 15.5. The molecule has 0 bridgehead atoms. The lowest BCUT2D eigenvalue weighted by Crippen LogP contribution is -2.49. The van der Waals surface area contributed by atoms with Gasteiger partial charge in [-0.05, 0) is 42.7 Å². The molecule has 0 saturated heterocycles. The summed E-state index contributed by atoms with van der Waals surface area (Å²) in [5, 5.41) is 0. The van der Waals surface area contributed by atoms with Crippen LogP contribution in [0.2, 0.25) is 0 Å². The van der Waals surface area contributed by atoms with E-state index in [2.05, 4.69) is 15.9 Å². The minimum Gasteiger partial charge on any atom is -0.320 e. The highest BCUT2D eigenvalue weighted by Crippen LogP contribution is 2.35. The minimum absolute atomic E-state index is 0.0128. The number of nitrogens with zero attached hydrogens (tertiary/aromatic N) is 1. The zero-order valence-corrected chi connectivity index (χ0v) is 13.4. The quantitative estimate of drug-likeness (QED) is 0.907. The Hall–Kier alpha value is -1.65. The van der Waals surface area contributed by atoms with Crippen molar-refractivity contribution < 1.29 is 4.79 Å². The van der Waals surface area contributed by atoms with Gasteiger partial charge in [-0.25, -0.2) is 0 Å². The fourth-order valence-electron chi connectivity index (χ4n) is 2.85. The van der Waals surface area contributed by atoms with Gasteiger partial charge in [0.15, 0.2) is 0 Å². The van der Waals surface area contributed by atoms with Crippen LogP contribution in [0.5, 0.6) is 0 Å². The van der Waals surface area contributed by atoms with Crippen LogP contribution in [0.3, 0.4) is 0 Å². The van der Waals surface area contributed by atoms with Crippen molar-refractivity contribution in [3.05, 3.63) is 64.1 Å². The first-order chi connectivity index (χ1) is 10.1. The largest absolute Gasteiger partial charge is 0.320 e. The molecule has 108 valence electrons. The summed E-state index contributed by atoms with van der Waals surface area (Å²) in [6.45, 7) is 2.04. The smallest absolute Gasteiger partial charge is 0.244 e. The van der Waals surface area contributed by atoms with Crippen LogP contribution in [0.4, 0.5) is 5.69 Å². The summed E-state index contributed by atoms with van der Waals surface area (Å²) in [6.07, 6.45) is 0.589. The molecule has 3 rings (SSSR count). The van der Waals surface area contributed by atoms with E-state index in [0.717, 1.165) is 21.3 Å². The molecule has 1 aliphatic rings. The third kappa shape index (κ3) is 2.61. The zero-order valence-electron chi connectivity index (χ0n) is 11.8. The Kier molecular flexibility index (Phi) is 3.83. The molecule has 0 radical (unpaired) electrons. The maximum Gasteiger partial charge on any atom is 0.244 e. The fraction of sp³-hybridized carbons (Fsp3) is 0.235. The molecule has 4 heteroatoms. The first kappa shape index (κ1) is 14.3. The van der Waals surface area contributed by atoms with E-state index in [4.69, 9.17) is 5.73 Å². The third-order valence-corrected chi connectivity index (χ3v) is 4.46. The number of hydrogen-bond acceptors (Lipinski definition) is 2. The van der Waals surface area contributed by atoms with Crippen molar-refractivity contribution in [1.29, 1.82) is 0 Å². The Morgan fingerprint density at radius 2 is 1.95 bits per heavy atom. The number of hydrogen-bond donors (Lipinski definition) is 1. The molecule has 0 spiro atoms. The van der Waals surface area contributed by atoms with Gasteiger partial charge in [-0.3, -0.25) is 4.79 Å². The number of carbonyl (C=O) groups is 1. The van der Waals surface area contributed by atoms with Crippen molar-refractivity contribution in [1.82, 2.24) is 0 Å². The molecule has 2 aromatic rings. The molecule has 0 saturated carbocycles. The average Bonchev–Trinajstić information content (AvgIpc) is 2.49. The standard InChI is InChI=1S/C17H17BrN2O/c1-11(12-5-3-2-4-6-12)20-16-8-7-14(18)9-13(16)10-15(19)17(20)21/h2-9,11,15H,10,19H2,1H3/t11-,15+/m0/s1. The van der Waals surface area contributed by atoms with Crippen LogP contribution >= 0.6 is 15.9 Å². The third-order valence-electron chi connectivity index (χ3n) is 3.96. The van der Waals surface area contributed by atoms with Crippen molar-refractivity contribution >= 4 is 27.5 Å². The summed E-state index contributed by atoms with van der Waals surface area (Å²) in [5.74, 6) is -0.0128. The van der Waals surface area contributed by atoms with Crippen LogP contribution < -0.4 is 10.6 Å². The lowest BCUT2D eigenvalue weighted by molar-refractivity contribution is -0.120. The Morgan fingerprint density at radius 1 is 1.24 bits per heavy atom. The molecule has 0 aromatic heterocycles. The Morgan fingerprint density at radius 3 is 2.67 bits per heavy atom. The molecule has 0 unspecified atom stereocenters. The van der Waals surface area contributed by atoms with E-state index < -0.39 is 6.04 Å². The molecule has 0 fully saturated rings. The molecule has 1 aliphatic heterocycles. The molecule has 0 aliphatic carbocycles. The minimum atomic E-state index is -0.474. The number of carbonyl (C=O) groups excluding carboxylic acids is 1. The van der Waals surface area contributed by atoms with Gasteiger partial charge in [0, 0.05) is 10.2 Å². The van der Waals surface area contributed by atoms with E-state index in [-0.39, 0.29) is 11.9 Å². The summed E-state index contributed by atoms with van der Waals surface area (Å²) in [7, 11) is 0. The van der Waals surface area contributed by atoms with E-state index in [1.807, 2.05) is 60.4 Å². The molecular weight excluding hydrogens is 328 g/mol. The van der Waals surface area contributed by atoms with E-state index in [9.17, 15) is 4.79 Å². The highest BCUT2D eigenvalue weighted by atomic mass is 79.9. The Bertz CT molecular complexity index is 672. The van der Waals surface area contributed by atoms with Gasteiger partial charge >= 0.3 is 0 Å². The SMILES string of the molecule is C[C@@H](c1ccccc1)N1C(=O)[C@H](N)Cc2cc(Br)ccc21. The van der Waals surface area contributed by atoms with E-state index >= 15 is 0 Å². The lowest BCUT2D eigenvalue weighted by atomic mass is 9.94. The number of fused-ring (bicyclic) bond motifs is 1. The first-order valence-electron chi connectivity index (χ1n) is 7.00. The number of nitrogens with two attached hydrogens (primary N) is 1. The molecule has 2 aromatic carbocycles. The number of amides is 1. The number of halogens is 1. The Balaban J connectivity index is 2.07. The van der Waals surface area contributed by atoms with Crippen LogP contribution in [0, 0.1) is 0 Å². The molecular formula is C17H17BrN2O. The lowest BCUT2D eigenvalue weighted by Gasteiger charge is -2.37. The maximum atomic E-state index is 12.6. The van der Waals surface area contributed by atoms with Crippen LogP contribution in [0.25, 0.3) is 0 Å². The predicted octanol–water partition coefficient (Wildman–Crippen LogP) is 3.43. The summed E-state index contributed by atoms with van der Waals surface area (Å²) in [4.78, 5) is 14.4. The zero-order chi connectivity index (χ0) is 15.0. The predicted molar refractivity (Wildman–Crippen MR) is 88.2 cm³/mol. The van der Waals surface area contributed by atoms with Gasteiger partial charge in [-0.1, -0.05) is 46.3 Å². The molecule has 3 nitrogen and oxygen atoms in total. The van der Waals surface area contributed by atoms with E-state index in [1.165, 1.54) is 0 Å². The van der Waals surface area contributed by atoms with E-state index in [0.29, 0.717) is 6.42 Å². The Labute approximate surface area is 132 Å². The van der Waals surface area contributed by atoms with Crippen molar-refractivity contribution in [3.63, 3.8) is 0 Å². The topological polar surface area (TPSA) is 46.3 Å². The van der Waals surface area contributed by atoms with Crippen molar-refractivity contribution in [2.24, 2.45) is 5.73 Å². The highest BCUT2D eigenvalue weighted by Gasteiger charge is 2.33. The van der Waals surface area contributed by atoms with Gasteiger partial charge in [-0.15, -0.1) is 0 Å². The maximum absolute atomic E-state index is 12.6. The van der Waals surface area contributed by atoms with Gasteiger partial charge in [0.25, 0.3) is 0 Å². The molecule has 1 amide bonds. The van der Waals surface area contributed by atoms with Gasteiger partial charge < -0.3 is 10.6 Å². The second-order valence-corrected chi connectivity index (χ2v) is 6.29. The number of benzene rings is 2. The van der Waals surface area contributed by atoms with Crippen LogP contribution in [-0.4, -0.2) is 11.9 Å². The molecule has 1 heterocycles. The van der Waals surface area contributed by atoms with Gasteiger partial charge in [0.05, 0.1) is 12.1 Å². The van der Waals surface area contributed by atoms with Gasteiger partial charge in [-0.2, -0.15) is 0 Å². The summed E-state index contributed by atoms with van der Waals surface area (Å²) < 4.78 is 1.01. The second kappa shape index (κ2) is 5.62. The molecule has 2 atom stereocenters. The molecule has 21 heavy (non-hydrogen) atoms. The van der Waals surface area contributed by atoms with Crippen molar-refractivity contribution in [2.45, 2.75) is 25.4 Å². The van der Waals surface area contributed by atoms with Crippen LogP contribution in [-0.2, 0) is 11.2 Å². The fourth-order valence-corrected chi connectivity index (χ4v) is 3.26. The summed E-state index contributed by atoms with van der Waals surface area (Å²) in [5.41, 5.74) is 9.22. The number of rotatable bonds is 2. The van der Waals surface area contributed by atoms with Crippen molar-refractivity contribution in [3.8, 4) is 0 Å². The van der Waals surface area contributed by atoms with Gasteiger partial charge in [0.2, 0.25) is 5.91 Å².